The number of hydrogen-bond donors (Lipinski definition) is 2. The van der Waals surface area contributed by atoms with Crippen molar-refractivity contribution in [2.75, 3.05) is 19.4 Å². The number of ether oxygens (including phenoxy) is 1. The monoisotopic (exact) mass is 388 g/mol. The van der Waals surface area contributed by atoms with Crippen molar-refractivity contribution in [2.24, 2.45) is 7.05 Å². The number of methoxy groups -OCH3 is 1. The first kappa shape index (κ1) is 19.4. The first-order valence-electron chi connectivity index (χ1n) is 8.71. The molecule has 1 atom stereocenters. The number of rotatable bonds is 8. The number of hydrogen-bond acceptors (Lipinski definition) is 4. The van der Waals surface area contributed by atoms with Gasteiger partial charge in [0.2, 0.25) is 10.0 Å². The van der Waals surface area contributed by atoms with Crippen LogP contribution in [0.3, 0.4) is 0 Å². The highest BCUT2D eigenvalue weighted by Gasteiger charge is 2.15. The molecule has 3 rings (SSSR count). The highest BCUT2D eigenvalue weighted by Crippen LogP contribution is 2.21. The largest absolute Gasteiger partial charge is 0.497 e. The molecule has 6 nitrogen and oxygen atoms in total. The van der Waals surface area contributed by atoms with Gasteiger partial charge in [0, 0.05) is 25.3 Å². The van der Waals surface area contributed by atoms with Crippen molar-refractivity contribution in [2.45, 2.75) is 12.5 Å². The van der Waals surface area contributed by atoms with Crippen molar-refractivity contribution >= 4 is 20.9 Å². The van der Waals surface area contributed by atoms with Gasteiger partial charge >= 0.3 is 0 Å². The average Bonchev–Trinajstić information content (AvgIpc) is 3.05. The number of benzene rings is 2. The van der Waals surface area contributed by atoms with Crippen LogP contribution in [-0.2, 0) is 23.5 Å². The van der Waals surface area contributed by atoms with Crippen molar-refractivity contribution in [3.63, 3.8) is 0 Å². The summed E-state index contributed by atoms with van der Waals surface area (Å²) in [6.45, 7) is -0.0523. The Labute approximate surface area is 159 Å². The molecule has 2 aromatic carbocycles. The van der Waals surface area contributed by atoms with E-state index >= 15 is 0 Å². The molecule has 0 fully saturated rings. The van der Waals surface area contributed by atoms with Crippen molar-refractivity contribution in [1.82, 2.24) is 9.29 Å². The fraction of sp³-hybridized carbons (Fsp3) is 0.300. The summed E-state index contributed by atoms with van der Waals surface area (Å²) in [5.41, 5.74) is 2.66. The summed E-state index contributed by atoms with van der Waals surface area (Å²) in [7, 11) is 0.0590. The quantitative estimate of drug-likeness (QED) is 0.621. The summed E-state index contributed by atoms with van der Waals surface area (Å²) >= 11 is 0. The first-order valence-corrected chi connectivity index (χ1v) is 10.4. The van der Waals surface area contributed by atoms with E-state index < -0.39 is 16.1 Å². The topological polar surface area (TPSA) is 80.6 Å². The number of aliphatic hydroxyl groups is 1. The van der Waals surface area contributed by atoms with Crippen LogP contribution in [-0.4, -0.2) is 37.5 Å². The second kappa shape index (κ2) is 8.12. The third-order valence-corrected chi connectivity index (χ3v) is 5.96. The minimum atomic E-state index is -3.48. The van der Waals surface area contributed by atoms with Gasteiger partial charge in [0.1, 0.15) is 5.75 Å². The van der Waals surface area contributed by atoms with E-state index in [1.165, 1.54) is 0 Å². The summed E-state index contributed by atoms with van der Waals surface area (Å²) in [6.07, 6.45) is 1.44. The van der Waals surface area contributed by atoms with Crippen LogP contribution in [0.25, 0.3) is 10.9 Å². The Morgan fingerprint density at radius 2 is 1.89 bits per heavy atom. The number of fused-ring (bicyclic) bond motifs is 1. The Hall–Kier alpha value is -2.35. The lowest BCUT2D eigenvalue weighted by atomic mass is 10.1. The Balaban J connectivity index is 1.56. The molecule has 0 saturated heterocycles. The molecule has 0 saturated carbocycles. The average molecular weight is 388 g/mol. The third kappa shape index (κ3) is 4.88. The number of nitrogens with zero attached hydrogens (tertiary/aromatic N) is 1. The number of sulfonamides is 1. The van der Waals surface area contributed by atoms with Crippen LogP contribution in [0.5, 0.6) is 5.75 Å². The van der Waals surface area contributed by atoms with Gasteiger partial charge in [-0.2, -0.15) is 0 Å². The molecule has 0 radical (unpaired) electrons. The van der Waals surface area contributed by atoms with Gasteiger partial charge in [-0.3, -0.25) is 0 Å². The molecule has 0 spiro atoms. The molecule has 1 heterocycles. The van der Waals surface area contributed by atoms with Crippen LogP contribution in [0.1, 0.15) is 17.2 Å². The Kier molecular flexibility index (Phi) is 5.84. The van der Waals surface area contributed by atoms with Crippen LogP contribution >= 0.6 is 0 Å². The van der Waals surface area contributed by atoms with Crippen LogP contribution in [0, 0.1) is 0 Å². The van der Waals surface area contributed by atoms with E-state index in [1.807, 2.05) is 54.2 Å². The lowest BCUT2D eigenvalue weighted by Gasteiger charge is -2.13. The van der Waals surface area contributed by atoms with Gasteiger partial charge in [0.15, 0.2) is 0 Å². The van der Waals surface area contributed by atoms with E-state index in [-0.39, 0.29) is 12.3 Å². The summed E-state index contributed by atoms with van der Waals surface area (Å²) in [4.78, 5) is 0. The standard InChI is InChI=1S/C20H24N2O4S/c1-22-11-9-16-13-17(5-8-19(16)22)20(23)14-21-27(24,25)12-10-15-3-6-18(26-2)7-4-15/h3-9,11,13,20-21,23H,10,12,14H2,1-2H3/t20-/m1/s1. The molecular formula is C20H24N2O4S. The molecule has 7 heteroatoms. The maximum absolute atomic E-state index is 12.2. The molecule has 27 heavy (non-hydrogen) atoms. The van der Waals surface area contributed by atoms with Crippen LogP contribution in [0.2, 0.25) is 0 Å². The zero-order valence-electron chi connectivity index (χ0n) is 15.4. The third-order valence-electron chi connectivity index (χ3n) is 4.61. The predicted molar refractivity (Wildman–Crippen MR) is 106 cm³/mol. The second-order valence-corrected chi connectivity index (χ2v) is 8.45. The molecule has 144 valence electrons. The number of nitrogens with one attached hydrogen (secondary N) is 1. The molecule has 1 aromatic heterocycles. The minimum Gasteiger partial charge on any atom is -0.497 e. The zero-order valence-corrected chi connectivity index (χ0v) is 16.2. The highest BCUT2D eigenvalue weighted by atomic mass is 32.2. The minimum absolute atomic E-state index is 0.0379. The molecule has 2 N–H and O–H groups in total. The summed E-state index contributed by atoms with van der Waals surface area (Å²) in [6, 6.07) is 14.9. The van der Waals surface area contributed by atoms with E-state index in [4.69, 9.17) is 4.74 Å². The lowest BCUT2D eigenvalue weighted by Crippen LogP contribution is -2.31. The van der Waals surface area contributed by atoms with Gasteiger partial charge in [-0.05, 0) is 53.3 Å². The highest BCUT2D eigenvalue weighted by molar-refractivity contribution is 7.89. The normalized spacial score (nSPS) is 13.0. The molecule has 0 amide bonds. The fourth-order valence-electron chi connectivity index (χ4n) is 2.95. The van der Waals surface area contributed by atoms with E-state index in [0.717, 1.165) is 22.2 Å². The van der Waals surface area contributed by atoms with Gasteiger partial charge in [0.25, 0.3) is 0 Å². The molecule has 0 unspecified atom stereocenters. The van der Waals surface area contributed by atoms with Gasteiger partial charge in [0.05, 0.1) is 19.0 Å². The SMILES string of the molecule is COc1ccc(CCS(=O)(=O)NC[C@@H](O)c2ccc3c(ccn3C)c2)cc1. The Morgan fingerprint density at radius 1 is 1.15 bits per heavy atom. The summed E-state index contributed by atoms with van der Waals surface area (Å²) in [5.74, 6) is 0.697. The van der Waals surface area contributed by atoms with Gasteiger partial charge in [-0.1, -0.05) is 18.2 Å². The molecule has 0 aliphatic rings. The van der Waals surface area contributed by atoms with E-state index in [9.17, 15) is 13.5 Å². The first-order chi connectivity index (χ1) is 12.9. The van der Waals surface area contributed by atoms with Gasteiger partial charge in [-0.25, -0.2) is 13.1 Å². The van der Waals surface area contributed by atoms with Crippen LogP contribution < -0.4 is 9.46 Å². The van der Waals surface area contributed by atoms with E-state index in [1.54, 1.807) is 19.2 Å². The van der Waals surface area contributed by atoms with Crippen molar-refractivity contribution < 1.29 is 18.3 Å². The van der Waals surface area contributed by atoms with E-state index in [2.05, 4.69) is 4.72 Å². The van der Waals surface area contributed by atoms with Crippen LogP contribution in [0.4, 0.5) is 0 Å². The summed E-state index contributed by atoms with van der Waals surface area (Å²) in [5, 5.41) is 11.4. The maximum atomic E-state index is 12.2. The predicted octanol–water partition coefficient (Wildman–Crippen LogP) is 2.38. The molecule has 0 aliphatic heterocycles. The van der Waals surface area contributed by atoms with Crippen molar-refractivity contribution in [1.29, 1.82) is 0 Å². The molecular weight excluding hydrogens is 364 g/mol. The maximum Gasteiger partial charge on any atom is 0.212 e. The number of aryl methyl sites for hydroxylation is 2. The Bertz CT molecular complexity index is 1010. The number of aliphatic hydroxyl groups excluding tert-OH is 1. The molecule has 0 bridgehead atoms. The van der Waals surface area contributed by atoms with Gasteiger partial charge in [-0.15, -0.1) is 0 Å². The smallest absolute Gasteiger partial charge is 0.212 e. The van der Waals surface area contributed by atoms with Crippen molar-refractivity contribution in [3.05, 3.63) is 65.9 Å². The zero-order chi connectivity index (χ0) is 19.4. The fourth-order valence-corrected chi connectivity index (χ4v) is 4.01. The summed E-state index contributed by atoms with van der Waals surface area (Å²) < 4.78 is 34.0. The second-order valence-electron chi connectivity index (χ2n) is 6.53. The van der Waals surface area contributed by atoms with E-state index in [0.29, 0.717) is 12.0 Å². The van der Waals surface area contributed by atoms with Gasteiger partial charge < -0.3 is 14.4 Å². The molecule has 0 aliphatic carbocycles. The lowest BCUT2D eigenvalue weighted by molar-refractivity contribution is 0.182. The number of aromatic nitrogens is 1. The molecule has 3 aromatic rings. The van der Waals surface area contributed by atoms with Crippen molar-refractivity contribution in [3.8, 4) is 5.75 Å². The Morgan fingerprint density at radius 3 is 2.59 bits per heavy atom. The van der Waals surface area contributed by atoms with Crippen LogP contribution in [0.15, 0.2) is 54.7 Å².